The molecule has 0 atom stereocenters. The van der Waals surface area contributed by atoms with E-state index < -0.39 is 24.0 Å². The second-order valence-corrected chi connectivity index (χ2v) is 6.68. The molecule has 0 amide bonds. The molecule has 0 N–H and O–H groups in total. The number of carbonyl (C=O) groups excluding carboxylic acids is 1. The number of halogens is 2. The van der Waals surface area contributed by atoms with Crippen LogP contribution in [0.1, 0.15) is 26.2 Å². The summed E-state index contributed by atoms with van der Waals surface area (Å²) in [4.78, 5) is 24.4. The van der Waals surface area contributed by atoms with Gasteiger partial charge in [0.05, 0.1) is 17.0 Å². The summed E-state index contributed by atoms with van der Waals surface area (Å²) >= 11 is 6.01. The molecule has 7 nitrogen and oxygen atoms in total. The molecule has 1 aromatic heterocycles. The second-order valence-electron chi connectivity index (χ2n) is 6.27. The molecule has 0 spiro atoms. The van der Waals surface area contributed by atoms with Gasteiger partial charge in [-0.3, -0.25) is 4.79 Å². The fourth-order valence-electron chi connectivity index (χ4n) is 2.65. The van der Waals surface area contributed by atoms with Gasteiger partial charge in [0.1, 0.15) is 17.0 Å². The number of esters is 1. The summed E-state index contributed by atoms with van der Waals surface area (Å²) in [6, 6.07) is 8.79. The van der Waals surface area contributed by atoms with Gasteiger partial charge in [-0.25, -0.2) is 9.18 Å². The van der Waals surface area contributed by atoms with E-state index in [1.165, 1.54) is 6.07 Å². The van der Waals surface area contributed by atoms with Crippen LogP contribution in [-0.4, -0.2) is 34.2 Å². The van der Waals surface area contributed by atoms with Gasteiger partial charge in [-0.05, 0) is 24.6 Å². The molecule has 0 bridgehead atoms. The van der Waals surface area contributed by atoms with E-state index in [9.17, 15) is 14.0 Å². The lowest BCUT2D eigenvalue weighted by Crippen LogP contribution is -2.23. The highest BCUT2D eigenvalue weighted by Gasteiger charge is 2.16. The molecule has 9 heteroatoms. The van der Waals surface area contributed by atoms with Gasteiger partial charge in [0, 0.05) is 6.07 Å². The quantitative estimate of drug-likeness (QED) is 0.409. The molecule has 29 heavy (non-hydrogen) atoms. The van der Waals surface area contributed by atoms with Crippen LogP contribution >= 0.6 is 11.6 Å². The van der Waals surface area contributed by atoms with Gasteiger partial charge in [0.2, 0.25) is 0 Å². The van der Waals surface area contributed by atoms with Gasteiger partial charge in [0.25, 0.3) is 5.56 Å². The Morgan fingerprint density at radius 2 is 2.03 bits per heavy atom. The predicted molar refractivity (Wildman–Crippen MR) is 106 cm³/mol. The van der Waals surface area contributed by atoms with E-state index in [4.69, 9.17) is 21.1 Å². The zero-order valence-electron chi connectivity index (χ0n) is 15.7. The van der Waals surface area contributed by atoms with Crippen molar-refractivity contribution in [3.63, 3.8) is 0 Å². The number of benzene rings is 2. The summed E-state index contributed by atoms with van der Waals surface area (Å²) in [5.74, 6) is -1.32. The number of carbonyl (C=O) groups is 1. The van der Waals surface area contributed by atoms with Crippen LogP contribution in [0.2, 0.25) is 5.02 Å². The molecule has 0 saturated heterocycles. The molecule has 1 heterocycles. The van der Waals surface area contributed by atoms with Gasteiger partial charge in [-0.1, -0.05) is 48.7 Å². The minimum absolute atomic E-state index is 0.0235. The summed E-state index contributed by atoms with van der Waals surface area (Å²) in [5, 5.41) is 7.96. The van der Waals surface area contributed by atoms with Gasteiger partial charge in [0.15, 0.2) is 12.4 Å². The Morgan fingerprint density at radius 3 is 2.83 bits per heavy atom. The smallest absolute Gasteiger partial charge is 0.344 e. The van der Waals surface area contributed by atoms with Crippen molar-refractivity contribution in [2.45, 2.75) is 26.2 Å². The largest absolute Gasteiger partial charge is 0.480 e. The first-order valence-electron chi connectivity index (χ1n) is 9.14. The Balaban J connectivity index is 1.82. The Bertz CT molecular complexity index is 1090. The van der Waals surface area contributed by atoms with Gasteiger partial charge < -0.3 is 9.47 Å². The number of nitrogens with zero attached hydrogens (tertiary/aromatic N) is 3. The molecular formula is C20H19ClFN3O4. The lowest BCUT2D eigenvalue weighted by molar-refractivity contribution is -0.146. The summed E-state index contributed by atoms with van der Waals surface area (Å²) < 4.78 is 25.7. The van der Waals surface area contributed by atoms with E-state index >= 15 is 0 Å². The van der Waals surface area contributed by atoms with Crippen LogP contribution in [0.5, 0.6) is 5.75 Å². The monoisotopic (exact) mass is 419 g/mol. The van der Waals surface area contributed by atoms with Crippen molar-refractivity contribution in [2.75, 3.05) is 13.2 Å². The summed E-state index contributed by atoms with van der Waals surface area (Å²) in [5.41, 5.74) is -0.340. The highest BCUT2D eigenvalue weighted by atomic mass is 35.5. The first-order chi connectivity index (χ1) is 14.0. The standard InChI is InChI=1S/C20H19ClFN3O4/c1-2-3-6-9-28-19(26)12-29-18-11-17(15(22)10-14(18)21)25-20(27)13-7-4-5-8-16(13)23-24-25/h4-5,7-8,10-11H,2-3,6,9,12H2,1H3. The average molecular weight is 420 g/mol. The molecule has 0 aliphatic carbocycles. The third-order valence-electron chi connectivity index (χ3n) is 4.15. The van der Waals surface area contributed by atoms with Crippen molar-refractivity contribution in [2.24, 2.45) is 0 Å². The molecule has 0 fully saturated rings. The SMILES string of the molecule is CCCCCOC(=O)COc1cc(-n2nnc3ccccc3c2=O)c(F)cc1Cl. The van der Waals surface area contributed by atoms with Crippen LogP contribution in [0, 0.1) is 5.82 Å². The lowest BCUT2D eigenvalue weighted by atomic mass is 10.2. The van der Waals surface area contributed by atoms with Crippen LogP contribution in [-0.2, 0) is 9.53 Å². The van der Waals surface area contributed by atoms with Crippen LogP contribution in [0.15, 0.2) is 41.2 Å². The number of ether oxygens (including phenoxy) is 2. The van der Waals surface area contributed by atoms with Crippen LogP contribution < -0.4 is 10.3 Å². The third-order valence-corrected chi connectivity index (χ3v) is 4.45. The predicted octanol–water partition coefficient (Wildman–Crippen LogP) is 3.69. The normalized spacial score (nSPS) is 10.9. The van der Waals surface area contributed by atoms with Gasteiger partial charge in [-0.15, -0.1) is 5.10 Å². The number of hydrogen-bond donors (Lipinski definition) is 0. The first-order valence-corrected chi connectivity index (χ1v) is 9.51. The molecule has 0 radical (unpaired) electrons. The molecule has 3 aromatic rings. The summed E-state index contributed by atoms with van der Waals surface area (Å²) in [6.07, 6.45) is 2.75. The average Bonchev–Trinajstić information content (AvgIpc) is 2.71. The van der Waals surface area contributed by atoms with Crippen molar-refractivity contribution in [1.29, 1.82) is 0 Å². The zero-order chi connectivity index (χ0) is 20.8. The van der Waals surface area contributed by atoms with Gasteiger partial charge in [-0.2, -0.15) is 4.68 Å². The van der Waals surface area contributed by atoms with E-state index in [0.717, 1.165) is 30.0 Å². The highest BCUT2D eigenvalue weighted by Crippen LogP contribution is 2.29. The molecule has 152 valence electrons. The van der Waals surface area contributed by atoms with Crippen molar-refractivity contribution >= 4 is 28.5 Å². The van der Waals surface area contributed by atoms with Crippen molar-refractivity contribution < 1.29 is 18.7 Å². The molecule has 0 aliphatic heterocycles. The second kappa shape index (κ2) is 9.47. The molecule has 0 saturated carbocycles. The van der Waals surface area contributed by atoms with Crippen LogP contribution in [0.25, 0.3) is 16.6 Å². The van der Waals surface area contributed by atoms with E-state index in [1.54, 1.807) is 24.3 Å². The Labute approximate surface area is 171 Å². The minimum atomic E-state index is -0.781. The number of aromatic nitrogens is 3. The fourth-order valence-corrected chi connectivity index (χ4v) is 2.86. The topological polar surface area (TPSA) is 83.3 Å². The molecule has 2 aromatic carbocycles. The number of hydrogen-bond acceptors (Lipinski definition) is 6. The van der Waals surface area contributed by atoms with Crippen molar-refractivity contribution in [3.8, 4) is 11.4 Å². The fraction of sp³-hybridized carbons (Fsp3) is 0.300. The third kappa shape index (κ3) is 4.89. The van der Waals surface area contributed by atoms with E-state index in [1.807, 2.05) is 6.92 Å². The van der Waals surface area contributed by atoms with Crippen LogP contribution in [0.3, 0.4) is 0 Å². The molecule has 0 aliphatic rings. The molecule has 0 unspecified atom stereocenters. The van der Waals surface area contributed by atoms with Crippen molar-refractivity contribution in [1.82, 2.24) is 15.0 Å². The Kier molecular flexibility index (Phi) is 6.77. The van der Waals surface area contributed by atoms with E-state index in [-0.39, 0.29) is 21.8 Å². The maximum atomic E-state index is 14.5. The number of unbranched alkanes of at least 4 members (excludes halogenated alkanes) is 2. The van der Waals surface area contributed by atoms with E-state index in [0.29, 0.717) is 12.1 Å². The molecule has 3 rings (SSSR count). The first kappa shape index (κ1) is 20.7. The van der Waals surface area contributed by atoms with Gasteiger partial charge >= 0.3 is 5.97 Å². The summed E-state index contributed by atoms with van der Waals surface area (Å²) in [6.45, 7) is 1.96. The van der Waals surface area contributed by atoms with E-state index in [2.05, 4.69) is 10.3 Å². The zero-order valence-corrected chi connectivity index (χ0v) is 16.5. The Morgan fingerprint density at radius 1 is 1.24 bits per heavy atom. The highest BCUT2D eigenvalue weighted by molar-refractivity contribution is 6.32. The molecular weight excluding hydrogens is 401 g/mol. The maximum Gasteiger partial charge on any atom is 0.344 e. The van der Waals surface area contributed by atoms with Crippen molar-refractivity contribution in [3.05, 3.63) is 57.6 Å². The lowest BCUT2D eigenvalue weighted by Gasteiger charge is -2.11. The summed E-state index contributed by atoms with van der Waals surface area (Å²) in [7, 11) is 0. The number of fused-ring (bicyclic) bond motifs is 1. The number of rotatable bonds is 8. The van der Waals surface area contributed by atoms with Crippen LogP contribution in [0.4, 0.5) is 4.39 Å². The maximum absolute atomic E-state index is 14.5. The Hall–Kier alpha value is -3.00. The minimum Gasteiger partial charge on any atom is -0.480 e.